The second-order valence-corrected chi connectivity index (χ2v) is 5.37. The largest absolute Gasteiger partial charge is 0.417 e. The van der Waals surface area contributed by atoms with Gasteiger partial charge >= 0.3 is 11.8 Å². The molecule has 0 spiro atoms. The van der Waals surface area contributed by atoms with Gasteiger partial charge in [-0.3, -0.25) is 4.79 Å². The van der Waals surface area contributed by atoms with Crippen LogP contribution in [0.4, 0.5) is 4.39 Å². The van der Waals surface area contributed by atoms with Crippen LogP contribution in [-0.2, 0) is 15.9 Å². The quantitative estimate of drug-likeness (QED) is 0.682. The first kappa shape index (κ1) is 19.3. The molecule has 25 heavy (non-hydrogen) atoms. The van der Waals surface area contributed by atoms with Crippen molar-refractivity contribution < 1.29 is 23.1 Å². The Morgan fingerprint density at radius 2 is 2.04 bits per heavy atom. The van der Waals surface area contributed by atoms with Crippen molar-refractivity contribution in [2.24, 2.45) is 0 Å². The van der Waals surface area contributed by atoms with E-state index in [1.807, 2.05) is 13.8 Å². The van der Waals surface area contributed by atoms with Gasteiger partial charge < -0.3 is 19.2 Å². The molecule has 0 unspecified atom stereocenters. The average Bonchev–Trinajstić information content (AvgIpc) is 3.04. The van der Waals surface area contributed by atoms with Crippen LogP contribution in [0.25, 0.3) is 0 Å². The molecule has 1 aromatic carbocycles. The van der Waals surface area contributed by atoms with Crippen molar-refractivity contribution >= 4 is 17.5 Å². The Morgan fingerprint density at radius 1 is 1.32 bits per heavy atom. The van der Waals surface area contributed by atoms with Crippen LogP contribution >= 0.6 is 11.6 Å². The van der Waals surface area contributed by atoms with Crippen molar-refractivity contribution in [3.05, 3.63) is 46.4 Å². The maximum absolute atomic E-state index is 13.0. The van der Waals surface area contributed by atoms with E-state index < -0.39 is 18.0 Å². The zero-order chi connectivity index (χ0) is 18.2. The van der Waals surface area contributed by atoms with Crippen molar-refractivity contribution in [2.75, 3.05) is 19.8 Å². The van der Waals surface area contributed by atoms with Gasteiger partial charge in [-0.1, -0.05) is 17.7 Å². The van der Waals surface area contributed by atoms with Crippen molar-refractivity contribution in [3.63, 3.8) is 0 Å². The fraction of sp³-hybridized carbons (Fsp3) is 0.438. The van der Waals surface area contributed by atoms with E-state index in [4.69, 9.17) is 25.5 Å². The first-order chi connectivity index (χ1) is 12.0. The Bertz CT molecular complexity index is 704. The monoisotopic (exact) mass is 371 g/mol. The molecule has 0 aliphatic rings. The Hall–Kier alpha value is -2.03. The summed E-state index contributed by atoms with van der Waals surface area (Å²) in [5.74, 6) is -0.948. The van der Waals surface area contributed by atoms with Gasteiger partial charge in [0.1, 0.15) is 5.82 Å². The number of carbonyl (C=O) groups is 1. The summed E-state index contributed by atoms with van der Waals surface area (Å²) in [7, 11) is 0. The molecule has 1 aromatic heterocycles. The number of hydrogen-bond donors (Lipinski definition) is 1. The Morgan fingerprint density at radius 3 is 2.68 bits per heavy atom. The lowest BCUT2D eigenvalue weighted by Crippen LogP contribution is -2.35. The van der Waals surface area contributed by atoms with Gasteiger partial charge in [-0.25, -0.2) is 4.39 Å². The van der Waals surface area contributed by atoms with E-state index in [2.05, 4.69) is 15.5 Å². The molecule has 2 rings (SSSR count). The Labute approximate surface area is 149 Å². The topological polar surface area (TPSA) is 86.5 Å². The van der Waals surface area contributed by atoms with Gasteiger partial charge in [-0.05, 0) is 31.5 Å². The summed E-state index contributed by atoms with van der Waals surface area (Å²) < 4.78 is 29.0. The summed E-state index contributed by atoms with van der Waals surface area (Å²) in [4.78, 5) is 12.0. The van der Waals surface area contributed by atoms with Gasteiger partial charge in [0.15, 0.2) is 6.29 Å². The summed E-state index contributed by atoms with van der Waals surface area (Å²) in [5.41, 5.74) is 0.617. The lowest BCUT2D eigenvalue weighted by atomic mass is 10.1. The highest BCUT2D eigenvalue weighted by atomic mass is 35.5. The maximum Gasteiger partial charge on any atom is 0.309 e. The molecule has 0 atom stereocenters. The predicted octanol–water partition coefficient (Wildman–Crippen LogP) is 2.58. The number of hydrogen-bond acceptors (Lipinski definition) is 6. The van der Waals surface area contributed by atoms with Crippen molar-refractivity contribution in [1.82, 2.24) is 15.5 Å². The minimum Gasteiger partial charge on any atom is -0.417 e. The fourth-order valence-electron chi connectivity index (χ4n) is 2.03. The molecular weight excluding hydrogens is 353 g/mol. The molecule has 9 heteroatoms. The first-order valence-electron chi connectivity index (χ1n) is 7.81. The van der Waals surface area contributed by atoms with Crippen LogP contribution < -0.4 is 5.32 Å². The van der Waals surface area contributed by atoms with E-state index in [1.165, 1.54) is 18.2 Å². The number of halogens is 2. The number of nitrogens with one attached hydrogen (secondary N) is 1. The Balaban J connectivity index is 1.94. The van der Waals surface area contributed by atoms with E-state index in [0.717, 1.165) is 0 Å². The third-order valence-corrected chi connectivity index (χ3v) is 3.50. The molecule has 1 N–H and O–H groups in total. The third kappa shape index (κ3) is 5.77. The van der Waals surface area contributed by atoms with E-state index in [0.29, 0.717) is 18.8 Å². The highest BCUT2D eigenvalue weighted by molar-refractivity contribution is 6.31. The van der Waals surface area contributed by atoms with Crippen molar-refractivity contribution in [1.29, 1.82) is 0 Å². The van der Waals surface area contributed by atoms with Gasteiger partial charge in [0.2, 0.25) is 5.89 Å². The van der Waals surface area contributed by atoms with Crippen LogP contribution in [0.2, 0.25) is 5.02 Å². The SMILES string of the molecule is CCOC(CNC(=O)c1nnc(Cc2ccc(F)cc2Cl)o1)OCC. The number of amides is 1. The van der Waals surface area contributed by atoms with Crippen LogP contribution in [0.3, 0.4) is 0 Å². The predicted molar refractivity (Wildman–Crippen MR) is 87.9 cm³/mol. The first-order valence-corrected chi connectivity index (χ1v) is 8.19. The summed E-state index contributed by atoms with van der Waals surface area (Å²) in [6, 6.07) is 4.01. The van der Waals surface area contributed by atoms with Crippen LogP contribution in [-0.4, -0.2) is 42.2 Å². The molecule has 2 aromatic rings. The zero-order valence-corrected chi connectivity index (χ0v) is 14.7. The summed E-state index contributed by atoms with van der Waals surface area (Å²) in [6.07, 6.45) is -0.348. The van der Waals surface area contributed by atoms with Crippen LogP contribution in [0.5, 0.6) is 0 Å². The zero-order valence-electron chi connectivity index (χ0n) is 13.9. The van der Waals surface area contributed by atoms with Gasteiger partial charge in [0.05, 0.1) is 13.0 Å². The van der Waals surface area contributed by atoms with Gasteiger partial charge in [-0.15, -0.1) is 10.2 Å². The molecule has 1 amide bonds. The summed E-state index contributed by atoms with van der Waals surface area (Å²) in [6.45, 7) is 4.74. The van der Waals surface area contributed by atoms with Crippen molar-refractivity contribution in [3.8, 4) is 0 Å². The number of rotatable bonds is 9. The van der Waals surface area contributed by atoms with Crippen LogP contribution in [0, 0.1) is 5.82 Å². The molecule has 7 nitrogen and oxygen atoms in total. The molecule has 0 bridgehead atoms. The average molecular weight is 372 g/mol. The molecule has 0 saturated carbocycles. The fourth-order valence-corrected chi connectivity index (χ4v) is 2.27. The van der Waals surface area contributed by atoms with Gasteiger partial charge in [0, 0.05) is 18.2 Å². The molecule has 0 radical (unpaired) electrons. The lowest BCUT2D eigenvalue weighted by molar-refractivity contribution is -0.131. The number of ether oxygens (including phenoxy) is 2. The van der Waals surface area contributed by atoms with Crippen molar-refractivity contribution in [2.45, 2.75) is 26.6 Å². The highest BCUT2D eigenvalue weighted by Gasteiger charge is 2.18. The number of nitrogens with zero attached hydrogens (tertiary/aromatic N) is 2. The van der Waals surface area contributed by atoms with E-state index in [9.17, 15) is 9.18 Å². The van der Waals surface area contributed by atoms with Gasteiger partial charge in [0.25, 0.3) is 0 Å². The minimum absolute atomic E-state index is 0.155. The second kappa shape index (κ2) is 9.45. The number of aromatic nitrogens is 2. The van der Waals surface area contributed by atoms with E-state index >= 15 is 0 Å². The normalized spacial score (nSPS) is 11.1. The summed E-state index contributed by atoms with van der Waals surface area (Å²) in [5, 5.41) is 10.4. The third-order valence-electron chi connectivity index (χ3n) is 3.15. The second-order valence-electron chi connectivity index (χ2n) is 4.96. The highest BCUT2D eigenvalue weighted by Crippen LogP contribution is 2.20. The molecular formula is C16H19ClFN3O4. The lowest BCUT2D eigenvalue weighted by Gasteiger charge is -2.16. The van der Waals surface area contributed by atoms with E-state index in [1.54, 1.807) is 0 Å². The summed E-state index contributed by atoms with van der Waals surface area (Å²) >= 11 is 5.96. The molecule has 1 heterocycles. The number of benzene rings is 1. The maximum atomic E-state index is 13.0. The molecule has 0 aliphatic carbocycles. The molecule has 0 fully saturated rings. The Kier molecular flexibility index (Phi) is 7.30. The molecule has 136 valence electrons. The molecule has 0 saturated heterocycles. The smallest absolute Gasteiger partial charge is 0.309 e. The van der Waals surface area contributed by atoms with Gasteiger partial charge in [-0.2, -0.15) is 0 Å². The standard InChI is InChI=1S/C16H19ClFN3O4/c1-3-23-14(24-4-2)9-19-15(22)16-21-20-13(25-16)7-10-5-6-11(18)8-12(10)17/h5-6,8,14H,3-4,7,9H2,1-2H3,(H,19,22). The molecule has 0 aliphatic heterocycles. The van der Waals surface area contributed by atoms with Crippen LogP contribution in [0.1, 0.15) is 36.0 Å². The van der Waals surface area contributed by atoms with E-state index in [-0.39, 0.29) is 29.8 Å². The number of carbonyl (C=O) groups excluding carboxylic acids is 1. The van der Waals surface area contributed by atoms with Crippen LogP contribution in [0.15, 0.2) is 22.6 Å². The minimum atomic E-state index is -0.542.